The van der Waals surface area contributed by atoms with Gasteiger partial charge in [-0.25, -0.2) is 15.0 Å². The summed E-state index contributed by atoms with van der Waals surface area (Å²) in [6, 6.07) is 129. The minimum Gasteiger partial charge on any atom is -0.309 e. The smallest absolute Gasteiger partial charge is 0.165 e. The van der Waals surface area contributed by atoms with E-state index in [2.05, 4.69) is 376 Å². The van der Waals surface area contributed by atoms with Crippen molar-refractivity contribution in [3.05, 3.63) is 358 Å². The Labute approximate surface area is 576 Å². The van der Waals surface area contributed by atoms with E-state index < -0.39 is 0 Å². The minimum absolute atomic E-state index is 0.573. The largest absolute Gasteiger partial charge is 0.309 e. The first-order valence-corrected chi connectivity index (χ1v) is 34.1. The molecule has 5 heterocycles. The fraction of sp³-hybridized carbons (Fsp3) is 0. The summed E-state index contributed by atoms with van der Waals surface area (Å²) in [6.45, 7) is 0. The third-order valence-electron chi connectivity index (χ3n) is 20.2. The Bertz CT molecular complexity index is 6210. The molecule has 20 aromatic rings. The van der Waals surface area contributed by atoms with E-state index in [0.29, 0.717) is 17.5 Å². The van der Waals surface area contributed by atoms with Crippen LogP contribution < -0.4 is 0 Å². The summed E-state index contributed by atoms with van der Waals surface area (Å²) < 4.78 is 9.54. The predicted octanol–water partition coefficient (Wildman–Crippen LogP) is 23.9. The number of fused-ring (bicyclic) bond motifs is 12. The molecule has 466 valence electrons. The highest BCUT2D eigenvalue weighted by molar-refractivity contribution is 6.15. The van der Waals surface area contributed by atoms with Crippen LogP contribution in [-0.4, -0.2) is 33.2 Å². The highest BCUT2D eigenvalue weighted by atomic mass is 15.0. The van der Waals surface area contributed by atoms with Gasteiger partial charge in [0.2, 0.25) is 0 Å². The molecule has 0 aliphatic heterocycles. The fourth-order valence-corrected chi connectivity index (χ4v) is 15.6. The second-order valence-corrected chi connectivity index (χ2v) is 25.9. The van der Waals surface area contributed by atoms with Crippen molar-refractivity contribution in [1.82, 2.24) is 33.2 Å². The summed E-state index contributed by atoms with van der Waals surface area (Å²) in [6.07, 6.45) is 0. The van der Waals surface area contributed by atoms with Crippen molar-refractivity contribution in [3.8, 4) is 101 Å². The zero-order chi connectivity index (χ0) is 65.8. The molecule has 5 aromatic heterocycles. The van der Waals surface area contributed by atoms with Crippen molar-refractivity contribution in [1.29, 1.82) is 0 Å². The number of rotatable bonds is 11. The molecule has 0 unspecified atom stereocenters. The molecule has 20 rings (SSSR count). The van der Waals surface area contributed by atoms with Crippen LogP contribution in [-0.2, 0) is 0 Å². The molecule has 0 N–H and O–H groups in total. The van der Waals surface area contributed by atoms with Gasteiger partial charge in [0, 0.05) is 82.5 Å². The number of para-hydroxylation sites is 6. The average molecular weight is 1270 g/mol. The Hall–Kier alpha value is -13.5. The molecule has 0 aliphatic rings. The minimum atomic E-state index is 0.573. The van der Waals surface area contributed by atoms with E-state index in [1.807, 2.05) is 0 Å². The summed E-state index contributed by atoms with van der Waals surface area (Å²) in [7, 11) is 0. The molecule has 0 aliphatic carbocycles. The quantitative estimate of drug-likeness (QED) is 0.130. The highest BCUT2D eigenvalue weighted by Crippen LogP contribution is 2.44. The van der Waals surface area contributed by atoms with Crippen molar-refractivity contribution >= 4 is 87.2 Å². The molecule has 0 saturated carbocycles. The van der Waals surface area contributed by atoms with Crippen molar-refractivity contribution in [2.45, 2.75) is 0 Å². The monoisotopic (exact) mass is 1270 g/mol. The van der Waals surface area contributed by atoms with E-state index >= 15 is 0 Å². The molecule has 0 amide bonds. The molecule has 0 atom stereocenters. The van der Waals surface area contributed by atoms with Crippen molar-refractivity contribution in [2.75, 3.05) is 0 Å². The molecule has 0 spiro atoms. The third kappa shape index (κ3) is 9.24. The standard InChI is InChI=1S/C93H59N7/c1-5-22-60(23-6-1)72-34-21-35-73(61-24-7-2-8-25-61)90(72)93-95-91(62-40-48-70(49-41-62)99-82-36-17-13-30-74(82)78-52-44-66(58-88(78)99)64-46-54-86-80(56-64)76-32-15-19-38-84(76)97(86)68-26-9-3-10-27-68)94-92(96-93)63-42-50-71(51-43-63)100-83-37-18-14-31-75(83)79-53-45-67(59-89(79)100)65-47-55-87-81(57-65)77-33-16-20-39-85(77)98(87)69-28-11-4-12-29-69/h1-59H. The maximum atomic E-state index is 5.54. The van der Waals surface area contributed by atoms with Gasteiger partial charge < -0.3 is 18.3 Å². The molecule has 15 aromatic carbocycles. The number of hydrogen-bond acceptors (Lipinski definition) is 3. The van der Waals surface area contributed by atoms with Crippen LogP contribution in [0.3, 0.4) is 0 Å². The van der Waals surface area contributed by atoms with Gasteiger partial charge >= 0.3 is 0 Å². The van der Waals surface area contributed by atoms with E-state index in [1.165, 1.54) is 65.2 Å². The number of hydrogen-bond donors (Lipinski definition) is 0. The summed E-state index contributed by atoms with van der Waals surface area (Å²) in [5.41, 5.74) is 25.1. The van der Waals surface area contributed by atoms with Crippen molar-refractivity contribution in [2.24, 2.45) is 0 Å². The van der Waals surface area contributed by atoms with Crippen LogP contribution in [0.15, 0.2) is 358 Å². The maximum Gasteiger partial charge on any atom is 0.165 e. The highest BCUT2D eigenvalue weighted by Gasteiger charge is 2.23. The van der Waals surface area contributed by atoms with Gasteiger partial charge in [-0.1, -0.05) is 224 Å². The molecule has 7 heteroatoms. The van der Waals surface area contributed by atoms with Crippen molar-refractivity contribution < 1.29 is 0 Å². The van der Waals surface area contributed by atoms with Crippen LogP contribution >= 0.6 is 0 Å². The Morgan fingerprint density at radius 2 is 0.440 bits per heavy atom. The number of benzene rings is 15. The first-order chi connectivity index (χ1) is 49.6. The van der Waals surface area contributed by atoms with Gasteiger partial charge in [-0.2, -0.15) is 0 Å². The zero-order valence-electron chi connectivity index (χ0n) is 54.2. The van der Waals surface area contributed by atoms with E-state index in [-0.39, 0.29) is 0 Å². The first-order valence-electron chi connectivity index (χ1n) is 34.1. The van der Waals surface area contributed by atoms with Gasteiger partial charge in [-0.3, -0.25) is 0 Å². The third-order valence-corrected chi connectivity index (χ3v) is 20.2. The van der Waals surface area contributed by atoms with Gasteiger partial charge in [0.05, 0.1) is 44.1 Å². The lowest BCUT2D eigenvalue weighted by Gasteiger charge is -2.17. The number of aromatic nitrogens is 7. The SMILES string of the molecule is c1ccc(-c2cccc(-c3ccccc3)c2-c2nc(-c3ccc(-n4c5ccccc5c5ccc(-c6ccc7c(c6)c6ccccc6n7-c6ccccc6)cc54)cc3)nc(-c3ccc(-n4c5ccccc5c5ccc(-c6ccc7c(c6)c6ccccc6n7-c6ccccc6)cc54)cc3)n2)cc1. The predicted molar refractivity (Wildman–Crippen MR) is 415 cm³/mol. The Morgan fingerprint density at radius 3 is 0.840 bits per heavy atom. The average Bonchev–Trinajstić information content (AvgIpc) is 1.52. The lowest BCUT2D eigenvalue weighted by Crippen LogP contribution is -2.03. The maximum absolute atomic E-state index is 5.54. The molecule has 0 fully saturated rings. The normalized spacial score (nSPS) is 11.8. The van der Waals surface area contributed by atoms with Crippen LogP contribution in [0.2, 0.25) is 0 Å². The molecule has 7 nitrogen and oxygen atoms in total. The molecule has 0 radical (unpaired) electrons. The second-order valence-electron chi connectivity index (χ2n) is 25.9. The van der Waals surface area contributed by atoms with E-state index in [1.54, 1.807) is 0 Å². The van der Waals surface area contributed by atoms with E-state index in [0.717, 1.165) is 106 Å². The summed E-state index contributed by atoms with van der Waals surface area (Å²) >= 11 is 0. The first kappa shape index (κ1) is 56.8. The Balaban J connectivity index is 0.714. The topological polar surface area (TPSA) is 58.4 Å². The van der Waals surface area contributed by atoms with E-state index in [4.69, 9.17) is 15.0 Å². The van der Waals surface area contributed by atoms with Crippen LogP contribution in [0.1, 0.15) is 0 Å². The Morgan fingerprint density at radius 1 is 0.160 bits per heavy atom. The summed E-state index contributed by atoms with van der Waals surface area (Å²) in [5, 5.41) is 9.67. The van der Waals surface area contributed by atoms with Gasteiger partial charge in [-0.15, -0.1) is 0 Å². The van der Waals surface area contributed by atoms with Crippen molar-refractivity contribution in [3.63, 3.8) is 0 Å². The number of nitrogens with zero attached hydrogens (tertiary/aromatic N) is 7. The Kier molecular flexibility index (Phi) is 13.1. The lowest BCUT2D eigenvalue weighted by molar-refractivity contribution is 1.07. The van der Waals surface area contributed by atoms with Gasteiger partial charge in [0.25, 0.3) is 0 Å². The summed E-state index contributed by atoms with van der Waals surface area (Å²) in [5.74, 6) is 1.73. The van der Waals surface area contributed by atoms with Gasteiger partial charge in [0.1, 0.15) is 0 Å². The van der Waals surface area contributed by atoms with Crippen LogP contribution in [0, 0.1) is 0 Å². The van der Waals surface area contributed by atoms with Crippen LogP contribution in [0.25, 0.3) is 189 Å². The molecule has 0 saturated heterocycles. The molecule has 100 heavy (non-hydrogen) atoms. The van der Waals surface area contributed by atoms with Crippen LogP contribution in [0.4, 0.5) is 0 Å². The van der Waals surface area contributed by atoms with Gasteiger partial charge in [-0.05, 0) is 178 Å². The molecular weight excluding hydrogens is 1220 g/mol. The zero-order valence-corrected chi connectivity index (χ0v) is 54.2. The molecule has 0 bridgehead atoms. The second kappa shape index (κ2) is 23.1. The molecular formula is C93H59N7. The fourth-order valence-electron chi connectivity index (χ4n) is 15.6. The van der Waals surface area contributed by atoms with E-state index in [9.17, 15) is 0 Å². The van der Waals surface area contributed by atoms with Gasteiger partial charge in [0.15, 0.2) is 17.5 Å². The summed E-state index contributed by atoms with van der Waals surface area (Å²) in [4.78, 5) is 16.5. The lowest BCUT2D eigenvalue weighted by atomic mass is 9.91. The van der Waals surface area contributed by atoms with Crippen LogP contribution in [0.5, 0.6) is 0 Å².